The van der Waals surface area contributed by atoms with Crippen LogP contribution in [0.15, 0.2) is 35.3 Å². The third-order valence-corrected chi connectivity index (χ3v) is 6.32. The van der Waals surface area contributed by atoms with E-state index in [0.29, 0.717) is 6.04 Å². The molecule has 6 nitrogen and oxygen atoms in total. The fraction of sp³-hybridized carbons (Fsp3) is 0.682. The van der Waals surface area contributed by atoms with Gasteiger partial charge in [0.15, 0.2) is 5.96 Å². The van der Waals surface area contributed by atoms with E-state index in [9.17, 15) is 0 Å². The molecule has 3 heterocycles. The summed E-state index contributed by atoms with van der Waals surface area (Å²) in [4.78, 5) is 12.1. The quantitative estimate of drug-likeness (QED) is 0.372. The Morgan fingerprint density at radius 1 is 1.10 bits per heavy atom. The fourth-order valence-electron chi connectivity index (χ4n) is 4.79. The van der Waals surface area contributed by atoms with Crippen molar-refractivity contribution in [1.29, 1.82) is 0 Å². The van der Waals surface area contributed by atoms with Gasteiger partial charge in [0, 0.05) is 46.3 Å². The molecule has 0 saturated carbocycles. The first-order valence-corrected chi connectivity index (χ1v) is 10.9. The van der Waals surface area contributed by atoms with Crippen molar-refractivity contribution in [2.24, 2.45) is 4.99 Å². The highest BCUT2D eigenvalue weighted by atomic mass is 127. The SMILES string of the molecule is CN=C(NCCN1CCCCC1)N1CC2OCCN(Cc3ccccc3)C2C1.I. The fourth-order valence-corrected chi connectivity index (χ4v) is 4.79. The van der Waals surface area contributed by atoms with Crippen LogP contribution in [0, 0.1) is 0 Å². The maximum absolute atomic E-state index is 6.12. The molecule has 1 aromatic rings. The number of hydrogen-bond donors (Lipinski definition) is 1. The second-order valence-corrected chi connectivity index (χ2v) is 8.21. The summed E-state index contributed by atoms with van der Waals surface area (Å²) in [7, 11) is 1.90. The predicted molar refractivity (Wildman–Crippen MR) is 129 cm³/mol. The largest absolute Gasteiger partial charge is 0.373 e. The van der Waals surface area contributed by atoms with Crippen LogP contribution in [0.5, 0.6) is 0 Å². The van der Waals surface area contributed by atoms with Crippen LogP contribution in [0.2, 0.25) is 0 Å². The highest BCUT2D eigenvalue weighted by molar-refractivity contribution is 14.0. The number of morpholine rings is 1. The van der Waals surface area contributed by atoms with Gasteiger partial charge in [0.2, 0.25) is 0 Å². The Morgan fingerprint density at radius 3 is 2.66 bits per heavy atom. The van der Waals surface area contributed by atoms with Crippen molar-refractivity contribution in [3.05, 3.63) is 35.9 Å². The van der Waals surface area contributed by atoms with Crippen LogP contribution in [0.4, 0.5) is 0 Å². The number of ether oxygens (including phenoxy) is 1. The van der Waals surface area contributed by atoms with Gasteiger partial charge in [0.1, 0.15) is 0 Å². The zero-order valence-corrected chi connectivity index (χ0v) is 20.0. The lowest BCUT2D eigenvalue weighted by Crippen LogP contribution is -2.50. The smallest absolute Gasteiger partial charge is 0.193 e. The number of halogens is 1. The number of fused-ring (bicyclic) bond motifs is 1. The summed E-state index contributed by atoms with van der Waals surface area (Å²) in [6.07, 6.45) is 4.36. The standard InChI is InChI=1S/C22H35N5O.HI/c1-23-22(24-10-13-25-11-6-3-7-12-25)27-17-20-21(18-27)28-15-14-26(20)16-19-8-4-2-5-9-19;/h2,4-5,8-9,20-21H,3,6-7,10-18H2,1H3,(H,23,24);1H. The van der Waals surface area contributed by atoms with E-state index in [2.05, 4.69) is 55.3 Å². The topological polar surface area (TPSA) is 43.3 Å². The van der Waals surface area contributed by atoms with Gasteiger partial charge in [-0.1, -0.05) is 36.8 Å². The Balaban J connectivity index is 0.00000240. The second kappa shape index (κ2) is 11.5. The Hall–Kier alpha value is -0.900. The minimum absolute atomic E-state index is 0. The Bertz CT molecular complexity index is 637. The summed E-state index contributed by atoms with van der Waals surface area (Å²) in [6.45, 7) is 9.31. The molecule has 29 heavy (non-hydrogen) atoms. The summed E-state index contributed by atoms with van der Waals surface area (Å²) in [5.41, 5.74) is 1.38. The Labute approximate surface area is 192 Å². The zero-order valence-electron chi connectivity index (χ0n) is 17.6. The van der Waals surface area contributed by atoms with Gasteiger partial charge in [0.05, 0.1) is 18.8 Å². The van der Waals surface area contributed by atoms with E-state index in [1.54, 1.807) is 0 Å². The van der Waals surface area contributed by atoms with Crippen LogP contribution in [-0.4, -0.2) is 92.3 Å². The monoisotopic (exact) mass is 513 g/mol. The summed E-state index contributed by atoms with van der Waals surface area (Å²) < 4.78 is 6.12. The number of rotatable bonds is 5. The molecule has 162 valence electrons. The van der Waals surface area contributed by atoms with Gasteiger partial charge < -0.3 is 19.9 Å². The highest BCUT2D eigenvalue weighted by Crippen LogP contribution is 2.24. The maximum Gasteiger partial charge on any atom is 0.193 e. The van der Waals surface area contributed by atoms with Gasteiger partial charge in [-0.2, -0.15) is 0 Å². The molecule has 1 N–H and O–H groups in total. The minimum Gasteiger partial charge on any atom is -0.373 e. The summed E-state index contributed by atoms with van der Waals surface area (Å²) in [6, 6.07) is 11.2. The summed E-state index contributed by atoms with van der Waals surface area (Å²) >= 11 is 0. The van der Waals surface area contributed by atoms with Crippen molar-refractivity contribution < 1.29 is 4.74 Å². The van der Waals surface area contributed by atoms with Crippen molar-refractivity contribution in [3.63, 3.8) is 0 Å². The molecule has 0 radical (unpaired) electrons. The van der Waals surface area contributed by atoms with Gasteiger partial charge in [0.25, 0.3) is 0 Å². The van der Waals surface area contributed by atoms with E-state index in [-0.39, 0.29) is 30.1 Å². The molecule has 0 spiro atoms. The molecule has 1 aromatic carbocycles. The van der Waals surface area contributed by atoms with E-state index in [1.165, 1.54) is 37.9 Å². The van der Waals surface area contributed by atoms with E-state index in [0.717, 1.165) is 51.8 Å². The molecule has 0 bridgehead atoms. The van der Waals surface area contributed by atoms with E-state index < -0.39 is 0 Å². The third-order valence-electron chi connectivity index (χ3n) is 6.32. The molecule has 4 rings (SSSR count). The molecular formula is C22H36IN5O. The molecule has 2 unspecified atom stereocenters. The van der Waals surface area contributed by atoms with Crippen LogP contribution in [0.3, 0.4) is 0 Å². The van der Waals surface area contributed by atoms with E-state index >= 15 is 0 Å². The molecule has 0 aromatic heterocycles. The normalized spacial score (nSPS) is 26.1. The van der Waals surface area contributed by atoms with Gasteiger partial charge in [-0.15, -0.1) is 24.0 Å². The Kier molecular flexibility index (Phi) is 9.02. The number of likely N-dealkylation sites (tertiary alicyclic amines) is 2. The van der Waals surface area contributed by atoms with Crippen LogP contribution >= 0.6 is 24.0 Å². The van der Waals surface area contributed by atoms with Crippen molar-refractivity contribution in [2.45, 2.75) is 38.0 Å². The molecule has 7 heteroatoms. The number of guanidine groups is 1. The third kappa shape index (κ3) is 6.06. The van der Waals surface area contributed by atoms with Crippen LogP contribution in [0.1, 0.15) is 24.8 Å². The van der Waals surface area contributed by atoms with Crippen LogP contribution in [-0.2, 0) is 11.3 Å². The number of aliphatic imine (C=N–C) groups is 1. The number of benzene rings is 1. The van der Waals surface area contributed by atoms with Crippen molar-refractivity contribution in [3.8, 4) is 0 Å². The average molecular weight is 513 g/mol. The van der Waals surface area contributed by atoms with E-state index in [1.807, 2.05) is 7.05 Å². The number of piperidine rings is 1. The first-order valence-electron chi connectivity index (χ1n) is 10.9. The molecule has 2 atom stereocenters. The number of nitrogens with one attached hydrogen (secondary N) is 1. The van der Waals surface area contributed by atoms with Gasteiger partial charge in [-0.05, 0) is 31.5 Å². The summed E-state index contributed by atoms with van der Waals surface area (Å²) in [5, 5.41) is 3.59. The molecular weight excluding hydrogens is 477 g/mol. The lowest BCUT2D eigenvalue weighted by Gasteiger charge is -2.36. The van der Waals surface area contributed by atoms with Gasteiger partial charge in [-0.3, -0.25) is 9.89 Å². The molecule has 3 fully saturated rings. The van der Waals surface area contributed by atoms with Gasteiger partial charge >= 0.3 is 0 Å². The highest BCUT2D eigenvalue weighted by Gasteiger charge is 2.41. The number of nitrogens with zero attached hydrogens (tertiary/aromatic N) is 4. The van der Waals surface area contributed by atoms with E-state index in [4.69, 9.17) is 4.74 Å². The van der Waals surface area contributed by atoms with Crippen molar-refractivity contribution in [1.82, 2.24) is 20.0 Å². The van der Waals surface area contributed by atoms with Crippen molar-refractivity contribution >= 4 is 29.9 Å². The van der Waals surface area contributed by atoms with Crippen LogP contribution in [0.25, 0.3) is 0 Å². The average Bonchev–Trinajstić information content (AvgIpc) is 3.18. The van der Waals surface area contributed by atoms with Crippen LogP contribution < -0.4 is 5.32 Å². The maximum atomic E-state index is 6.12. The minimum atomic E-state index is 0. The molecule has 3 aliphatic rings. The first-order chi connectivity index (χ1) is 13.8. The molecule has 3 aliphatic heterocycles. The van der Waals surface area contributed by atoms with Crippen molar-refractivity contribution in [2.75, 3.05) is 59.5 Å². The number of hydrogen-bond acceptors (Lipinski definition) is 4. The Morgan fingerprint density at radius 2 is 1.90 bits per heavy atom. The van der Waals surface area contributed by atoms with Gasteiger partial charge in [-0.25, -0.2) is 0 Å². The lowest BCUT2D eigenvalue weighted by molar-refractivity contribution is -0.0502. The molecule has 3 saturated heterocycles. The summed E-state index contributed by atoms with van der Waals surface area (Å²) in [5.74, 6) is 1.02. The second-order valence-electron chi connectivity index (χ2n) is 8.21. The predicted octanol–water partition coefficient (Wildman–Crippen LogP) is 2.25. The zero-order chi connectivity index (χ0) is 19.2. The first kappa shape index (κ1) is 22.8. The lowest BCUT2D eigenvalue weighted by atomic mass is 10.1. The molecule has 0 amide bonds. The molecule has 0 aliphatic carbocycles.